The first-order chi connectivity index (χ1) is 16.3. The van der Waals surface area contributed by atoms with Crippen molar-refractivity contribution in [3.8, 4) is 17.2 Å². The topological polar surface area (TPSA) is 107 Å². The van der Waals surface area contributed by atoms with E-state index >= 15 is 0 Å². The van der Waals surface area contributed by atoms with Gasteiger partial charge in [-0.05, 0) is 83.8 Å². The third kappa shape index (κ3) is 7.75. The van der Waals surface area contributed by atoms with Crippen LogP contribution in [0.25, 0.3) is 10.8 Å². The van der Waals surface area contributed by atoms with Crippen molar-refractivity contribution in [2.75, 3.05) is 6.61 Å². The number of aliphatic hydroxyl groups is 2. The maximum atomic E-state index is 12.3. The molecule has 2 unspecified atom stereocenters. The van der Waals surface area contributed by atoms with Gasteiger partial charge in [0.1, 0.15) is 18.1 Å². The van der Waals surface area contributed by atoms with Gasteiger partial charge in [0.2, 0.25) is 0 Å². The van der Waals surface area contributed by atoms with Gasteiger partial charge < -0.3 is 25.2 Å². The van der Waals surface area contributed by atoms with E-state index in [1.807, 2.05) is 31.2 Å². The molecule has 0 saturated carbocycles. The monoisotopic (exact) mass is 466 g/mol. The zero-order valence-electron chi connectivity index (χ0n) is 19.6. The van der Waals surface area contributed by atoms with Crippen LogP contribution in [-0.4, -0.2) is 38.9 Å². The number of benzene rings is 3. The molecule has 3 rings (SSSR count). The number of aromatic hydroxyl groups is 2. The third-order valence-electron chi connectivity index (χ3n) is 5.99. The summed E-state index contributed by atoms with van der Waals surface area (Å²) in [6.45, 7) is 2.43. The Morgan fingerprint density at radius 1 is 0.971 bits per heavy atom. The summed E-state index contributed by atoms with van der Waals surface area (Å²) in [5, 5.41) is 40.8. The van der Waals surface area contributed by atoms with Crippen LogP contribution in [0, 0.1) is 5.92 Å². The second-order valence-electron chi connectivity index (χ2n) is 9.06. The van der Waals surface area contributed by atoms with Crippen molar-refractivity contribution >= 4 is 16.6 Å². The van der Waals surface area contributed by atoms with E-state index in [1.54, 1.807) is 30.3 Å². The first-order valence-corrected chi connectivity index (χ1v) is 11.8. The molecule has 3 aromatic rings. The number of ether oxygens (including phenoxy) is 1. The molecule has 0 bridgehead atoms. The van der Waals surface area contributed by atoms with E-state index < -0.39 is 6.10 Å². The Kier molecular flexibility index (Phi) is 9.31. The quantitative estimate of drug-likeness (QED) is 0.286. The Balaban J connectivity index is 1.51. The van der Waals surface area contributed by atoms with E-state index in [1.165, 1.54) is 0 Å². The summed E-state index contributed by atoms with van der Waals surface area (Å²) in [6, 6.07) is 16.1. The van der Waals surface area contributed by atoms with Gasteiger partial charge in [0.25, 0.3) is 0 Å². The van der Waals surface area contributed by atoms with Crippen LogP contribution in [0.2, 0.25) is 0 Å². The minimum atomic E-state index is -0.661. The maximum absolute atomic E-state index is 12.3. The van der Waals surface area contributed by atoms with E-state index in [2.05, 4.69) is 0 Å². The molecule has 3 aromatic carbocycles. The van der Waals surface area contributed by atoms with Gasteiger partial charge in [0, 0.05) is 19.4 Å². The van der Waals surface area contributed by atoms with Crippen LogP contribution in [0.3, 0.4) is 0 Å². The van der Waals surface area contributed by atoms with E-state index in [9.17, 15) is 20.1 Å². The van der Waals surface area contributed by atoms with Crippen molar-refractivity contribution in [1.82, 2.24) is 0 Å². The number of carbonyl (C=O) groups excluding carboxylic acids is 1. The highest BCUT2D eigenvalue weighted by molar-refractivity contribution is 5.84. The summed E-state index contributed by atoms with van der Waals surface area (Å²) in [5.74, 6) is 0.876. The van der Waals surface area contributed by atoms with Crippen molar-refractivity contribution in [2.24, 2.45) is 5.92 Å². The third-order valence-corrected chi connectivity index (χ3v) is 5.99. The number of hydrogen-bond acceptors (Lipinski definition) is 6. The Hall–Kier alpha value is -3.09. The molecule has 0 aromatic heterocycles. The SMILES string of the molecule is CC(CCCO)CC(O)CC(=O)CCc1ccc(O)c(OCc2ccc3cc(O)ccc3c2)c1. The average Bonchev–Trinajstić information content (AvgIpc) is 2.81. The van der Waals surface area contributed by atoms with Crippen LogP contribution in [0.1, 0.15) is 50.2 Å². The van der Waals surface area contributed by atoms with Crippen molar-refractivity contribution in [2.45, 2.75) is 58.2 Å². The Bertz CT molecular complexity index is 1090. The number of aryl methyl sites for hydroxylation is 1. The molecular formula is C28H34O6. The van der Waals surface area contributed by atoms with Crippen LogP contribution < -0.4 is 4.74 Å². The highest BCUT2D eigenvalue weighted by atomic mass is 16.5. The highest BCUT2D eigenvalue weighted by Crippen LogP contribution is 2.29. The van der Waals surface area contributed by atoms with Gasteiger partial charge >= 0.3 is 0 Å². The summed E-state index contributed by atoms with van der Waals surface area (Å²) in [6.07, 6.45) is 2.37. The molecular weight excluding hydrogens is 432 g/mol. The lowest BCUT2D eigenvalue weighted by Gasteiger charge is -2.15. The number of rotatable bonds is 13. The number of carbonyl (C=O) groups is 1. The fourth-order valence-corrected chi connectivity index (χ4v) is 4.12. The molecule has 0 radical (unpaired) electrons. The van der Waals surface area contributed by atoms with Crippen molar-refractivity contribution < 1.29 is 30.0 Å². The molecule has 6 nitrogen and oxygen atoms in total. The van der Waals surface area contributed by atoms with Gasteiger partial charge in [-0.25, -0.2) is 0 Å². The average molecular weight is 467 g/mol. The molecule has 0 aliphatic rings. The molecule has 2 atom stereocenters. The zero-order valence-corrected chi connectivity index (χ0v) is 19.6. The largest absolute Gasteiger partial charge is 0.508 e. The normalized spacial score (nSPS) is 13.0. The fourth-order valence-electron chi connectivity index (χ4n) is 4.12. The predicted octanol–water partition coefficient (Wildman–Crippen LogP) is 4.88. The first kappa shape index (κ1) is 25.5. The number of phenolic OH excluding ortho intramolecular Hbond substituents is 2. The summed E-state index contributed by atoms with van der Waals surface area (Å²) >= 11 is 0. The van der Waals surface area contributed by atoms with Crippen molar-refractivity contribution in [3.63, 3.8) is 0 Å². The van der Waals surface area contributed by atoms with Crippen LogP contribution >= 0.6 is 0 Å². The highest BCUT2D eigenvalue weighted by Gasteiger charge is 2.15. The lowest BCUT2D eigenvalue weighted by molar-refractivity contribution is -0.121. The molecule has 0 saturated heterocycles. The molecule has 4 N–H and O–H groups in total. The Morgan fingerprint density at radius 3 is 2.50 bits per heavy atom. The lowest BCUT2D eigenvalue weighted by atomic mass is 9.95. The lowest BCUT2D eigenvalue weighted by Crippen LogP contribution is -2.17. The minimum absolute atomic E-state index is 0.000369. The molecule has 0 spiro atoms. The van der Waals surface area contributed by atoms with E-state index in [-0.39, 0.29) is 42.8 Å². The molecule has 0 aliphatic heterocycles. The second-order valence-corrected chi connectivity index (χ2v) is 9.06. The summed E-state index contributed by atoms with van der Waals surface area (Å²) in [7, 11) is 0. The standard InChI is InChI=1S/C28H34O6/c1-19(3-2-12-29)13-26(32)17-25(31)9-5-20-6-11-27(33)28(15-20)34-18-21-4-7-23-16-24(30)10-8-22(23)14-21/h4,6-8,10-11,14-16,19,26,29-30,32-33H,2-3,5,9,12-13,17-18H2,1H3. The Labute approximate surface area is 200 Å². The fraction of sp³-hybridized carbons (Fsp3) is 0.393. The number of hydrogen-bond donors (Lipinski definition) is 4. The summed E-state index contributed by atoms with van der Waals surface area (Å²) in [5.41, 5.74) is 1.81. The van der Waals surface area contributed by atoms with E-state index in [0.29, 0.717) is 31.4 Å². The predicted molar refractivity (Wildman–Crippen MR) is 132 cm³/mol. The van der Waals surface area contributed by atoms with Crippen molar-refractivity contribution in [3.05, 3.63) is 65.7 Å². The van der Waals surface area contributed by atoms with Crippen LogP contribution in [0.4, 0.5) is 0 Å². The molecule has 0 aliphatic carbocycles. The van der Waals surface area contributed by atoms with Crippen LogP contribution in [-0.2, 0) is 17.8 Å². The second kappa shape index (κ2) is 12.4. The molecule has 34 heavy (non-hydrogen) atoms. The number of Topliss-reactive ketones (excluding diaryl/α,β-unsaturated/α-hetero) is 1. The van der Waals surface area contributed by atoms with Crippen LogP contribution in [0.5, 0.6) is 17.2 Å². The summed E-state index contributed by atoms with van der Waals surface area (Å²) in [4.78, 5) is 12.3. The number of phenols is 2. The van der Waals surface area contributed by atoms with E-state index in [4.69, 9.17) is 9.84 Å². The number of fused-ring (bicyclic) bond motifs is 1. The van der Waals surface area contributed by atoms with E-state index in [0.717, 1.165) is 28.3 Å². The molecule has 6 heteroatoms. The van der Waals surface area contributed by atoms with Gasteiger partial charge in [0.05, 0.1) is 6.10 Å². The molecule has 182 valence electrons. The maximum Gasteiger partial charge on any atom is 0.161 e. The molecule has 0 fully saturated rings. The molecule has 0 heterocycles. The first-order valence-electron chi connectivity index (χ1n) is 11.8. The van der Waals surface area contributed by atoms with Gasteiger partial charge in [0.15, 0.2) is 11.5 Å². The number of ketones is 1. The van der Waals surface area contributed by atoms with Gasteiger partial charge in [-0.2, -0.15) is 0 Å². The molecule has 0 amide bonds. The summed E-state index contributed by atoms with van der Waals surface area (Å²) < 4.78 is 5.84. The Morgan fingerprint density at radius 2 is 1.71 bits per heavy atom. The van der Waals surface area contributed by atoms with Crippen LogP contribution in [0.15, 0.2) is 54.6 Å². The van der Waals surface area contributed by atoms with Gasteiger partial charge in [-0.1, -0.05) is 31.2 Å². The number of aliphatic hydroxyl groups excluding tert-OH is 2. The smallest absolute Gasteiger partial charge is 0.161 e. The van der Waals surface area contributed by atoms with Crippen molar-refractivity contribution in [1.29, 1.82) is 0 Å². The van der Waals surface area contributed by atoms with Gasteiger partial charge in [-0.3, -0.25) is 4.79 Å². The minimum Gasteiger partial charge on any atom is -0.508 e. The zero-order chi connectivity index (χ0) is 24.5. The van der Waals surface area contributed by atoms with Gasteiger partial charge in [-0.15, -0.1) is 0 Å².